The van der Waals surface area contributed by atoms with Crippen LogP contribution in [0.3, 0.4) is 0 Å². The lowest BCUT2D eigenvalue weighted by Crippen LogP contribution is -2.22. The van der Waals surface area contributed by atoms with Crippen molar-refractivity contribution < 1.29 is 18.4 Å². The van der Waals surface area contributed by atoms with Crippen LogP contribution in [0.15, 0.2) is 62.2 Å². The summed E-state index contributed by atoms with van der Waals surface area (Å²) in [5.41, 5.74) is 1.43. The molecule has 0 bridgehead atoms. The lowest BCUT2D eigenvalue weighted by molar-refractivity contribution is -0.118. The molecule has 0 aliphatic carbocycles. The van der Waals surface area contributed by atoms with Gasteiger partial charge in [-0.3, -0.25) is 14.9 Å². The van der Waals surface area contributed by atoms with Crippen molar-refractivity contribution in [3.05, 3.63) is 80.7 Å². The van der Waals surface area contributed by atoms with Crippen LogP contribution in [-0.2, 0) is 4.79 Å². The average Bonchev–Trinajstić information content (AvgIpc) is 3.05. The Balaban J connectivity index is 1.67. The normalized spacial score (nSPS) is 10.7. The Hall–Kier alpha value is -4.02. The number of nitriles is 1. The Morgan fingerprint density at radius 3 is 2.56 bits per heavy atom. The highest BCUT2D eigenvalue weighted by Gasteiger charge is 2.20. The van der Waals surface area contributed by atoms with Gasteiger partial charge >= 0.3 is 0 Å². The van der Waals surface area contributed by atoms with Crippen LogP contribution < -0.4 is 15.5 Å². The molecule has 160 valence electrons. The van der Waals surface area contributed by atoms with Gasteiger partial charge in [-0.25, -0.2) is 0 Å². The second-order valence-electron chi connectivity index (χ2n) is 7.03. The van der Waals surface area contributed by atoms with Crippen molar-refractivity contribution in [3.8, 4) is 23.1 Å². The van der Waals surface area contributed by atoms with E-state index in [1.54, 1.807) is 62.4 Å². The molecular weight excluding hydrogens is 432 g/mol. The molecule has 4 rings (SSSR count). The van der Waals surface area contributed by atoms with Gasteiger partial charge in [0.1, 0.15) is 23.0 Å². The number of para-hydroxylation sites is 1. The molecule has 0 radical (unpaired) electrons. The molecule has 2 aromatic carbocycles. The topological polar surface area (TPSA) is 105 Å². The van der Waals surface area contributed by atoms with Gasteiger partial charge in [-0.15, -0.1) is 0 Å². The molecule has 0 spiro atoms. The molecule has 0 fully saturated rings. The number of benzene rings is 2. The van der Waals surface area contributed by atoms with E-state index >= 15 is 0 Å². The van der Waals surface area contributed by atoms with E-state index in [2.05, 4.69) is 5.32 Å². The molecule has 0 saturated carbocycles. The second-order valence-corrected chi connectivity index (χ2v) is 7.46. The number of furan rings is 1. The third-order valence-electron chi connectivity index (χ3n) is 4.96. The summed E-state index contributed by atoms with van der Waals surface area (Å²) in [5, 5.41) is 12.7. The van der Waals surface area contributed by atoms with E-state index in [-0.39, 0.29) is 23.0 Å². The van der Waals surface area contributed by atoms with Crippen molar-refractivity contribution in [2.75, 3.05) is 11.9 Å². The van der Waals surface area contributed by atoms with E-state index in [0.29, 0.717) is 32.9 Å². The summed E-state index contributed by atoms with van der Waals surface area (Å²) in [6, 6.07) is 15.5. The third kappa shape index (κ3) is 3.96. The Morgan fingerprint density at radius 1 is 1.12 bits per heavy atom. The number of nitrogens with zero attached hydrogens (tertiary/aromatic N) is 1. The van der Waals surface area contributed by atoms with E-state index < -0.39 is 17.9 Å². The average molecular weight is 449 g/mol. The lowest BCUT2D eigenvalue weighted by Gasteiger charge is -2.11. The van der Waals surface area contributed by atoms with Crippen LogP contribution in [0.25, 0.3) is 22.3 Å². The number of carbonyl (C=O) groups is 1. The Labute approximate surface area is 187 Å². The monoisotopic (exact) mass is 448 g/mol. The van der Waals surface area contributed by atoms with Crippen molar-refractivity contribution in [2.45, 2.75) is 13.8 Å². The van der Waals surface area contributed by atoms with E-state index in [1.807, 2.05) is 6.07 Å². The molecule has 4 aromatic rings. The number of rotatable bonds is 5. The standard InChI is InChI=1S/C24H17ClN2O5/c1-13-14(2)31-24(18(13)11-26)27-20(28)12-30-23-21(29)17-5-3-4-6-19(17)32-22(23)15-7-9-16(25)10-8-15/h3-10H,12H2,1-2H3,(H,27,28). The maximum absolute atomic E-state index is 13.1. The van der Waals surface area contributed by atoms with Gasteiger partial charge in [0.15, 0.2) is 12.4 Å². The first-order valence-corrected chi connectivity index (χ1v) is 10.0. The quantitative estimate of drug-likeness (QED) is 0.449. The van der Waals surface area contributed by atoms with Crippen molar-refractivity contribution >= 4 is 34.4 Å². The first-order valence-electron chi connectivity index (χ1n) is 9.63. The summed E-state index contributed by atoms with van der Waals surface area (Å²) in [6.45, 7) is 2.93. The highest BCUT2D eigenvalue weighted by atomic mass is 35.5. The molecule has 0 saturated heterocycles. The number of anilines is 1. The van der Waals surface area contributed by atoms with Gasteiger partial charge in [0.05, 0.1) is 5.39 Å². The zero-order valence-electron chi connectivity index (χ0n) is 17.2. The van der Waals surface area contributed by atoms with Gasteiger partial charge in [-0.1, -0.05) is 23.7 Å². The van der Waals surface area contributed by atoms with Gasteiger partial charge in [0, 0.05) is 16.1 Å². The minimum absolute atomic E-state index is 0.0413. The minimum atomic E-state index is -0.593. The maximum Gasteiger partial charge on any atom is 0.264 e. The summed E-state index contributed by atoms with van der Waals surface area (Å²) in [6.07, 6.45) is 0. The van der Waals surface area contributed by atoms with Gasteiger partial charge in [0.25, 0.3) is 5.91 Å². The fraction of sp³-hybridized carbons (Fsp3) is 0.125. The van der Waals surface area contributed by atoms with Crippen molar-refractivity contribution in [3.63, 3.8) is 0 Å². The van der Waals surface area contributed by atoms with Crippen LogP contribution in [0.4, 0.5) is 5.88 Å². The number of amides is 1. The Kier molecular flexibility index (Phi) is 5.71. The molecule has 0 aliphatic rings. The smallest absolute Gasteiger partial charge is 0.264 e. The number of halogens is 1. The first kappa shape index (κ1) is 21.2. The number of hydrogen-bond donors (Lipinski definition) is 1. The number of carbonyl (C=O) groups excluding carboxylic acids is 1. The van der Waals surface area contributed by atoms with Gasteiger partial charge < -0.3 is 13.6 Å². The second kappa shape index (κ2) is 8.61. The number of nitrogens with one attached hydrogen (secondary N) is 1. The van der Waals surface area contributed by atoms with Crippen LogP contribution >= 0.6 is 11.6 Å². The van der Waals surface area contributed by atoms with Crippen LogP contribution in [0.5, 0.6) is 5.75 Å². The van der Waals surface area contributed by atoms with Gasteiger partial charge in [-0.05, 0) is 50.2 Å². The summed E-state index contributed by atoms with van der Waals surface area (Å²) >= 11 is 5.97. The van der Waals surface area contributed by atoms with Crippen molar-refractivity contribution in [2.24, 2.45) is 0 Å². The summed E-state index contributed by atoms with van der Waals surface area (Å²) in [5.74, 6) is 0.0523. The molecule has 1 N–H and O–H groups in total. The molecule has 0 atom stereocenters. The first-order chi connectivity index (χ1) is 15.4. The maximum atomic E-state index is 13.1. The zero-order chi connectivity index (χ0) is 22.8. The Morgan fingerprint density at radius 2 is 1.84 bits per heavy atom. The van der Waals surface area contributed by atoms with Crippen LogP contribution in [0.1, 0.15) is 16.9 Å². The molecule has 0 aliphatic heterocycles. The van der Waals surface area contributed by atoms with E-state index in [0.717, 1.165) is 0 Å². The largest absolute Gasteiger partial charge is 0.476 e. The molecule has 7 nitrogen and oxygen atoms in total. The predicted molar refractivity (Wildman–Crippen MR) is 120 cm³/mol. The third-order valence-corrected chi connectivity index (χ3v) is 5.21. The molecule has 8 heteroatoms. The summed E-state index contributed by atoms with van der Waals surface area (Å²) < 4.78 is 17.0. The fourth-order valence-corrected chi connectivity index (χ4v) is 3.32. The van der Waals surface area contributed by atoms with Crippen molar-refractivity contribution in [1.82, 2.24) is 0 Å². The van der Waals surface area contributed by atoms with E-state index in [1.165, 1.54) is 0 Å². The summed E-state index contributed by atoms with van der Waals surface area (Å²) in [4.78, 5) is 25.6. The zero-order valence-corrected chi connectivity index (χ0v) is 17.9. The SMILES string of the molecule is Cc1oc(NC(=O)COc2c(-c3ccc(Cl)cc3)oc3ccccc3c2=O)c(C#N)c1C. The molecule has 0 unspecified atom stereocenters. The molecule has 32 heavy (non-hydrogen) atoms. The number of hydrogen-bond acceptors (Lipinski definition) is 6. The minimum Gasteiger partial charge on any atom is -0.476 e. The molecular formula is C24H17ClN2O5. The highest BCUT2D eigenvalue weighted by molar-refractivity contribution is 6.30. The van der Waals surface area contributed by atoms with Gasteiger partial charge in [-0.2, -0.15) is 5.26 Å². The lowest BCUT2D eigenvalue weighted by atomic mass is 10.1. The van der Waals surface area contributed by atoms with Crippen LogP contribution in [0, 0.1) is 25.2 Å². The highest BCUT2D eigenvalue weighted by Crippen LogP contribution is 2.32. The van der Waals surface area contributed by atoms with Gasteiger partial charge in [0.2, 0.25) is 17.1 Å². The number of aryl methyl sites for hydroxylation is 1. The Bertz CT molecular complexity index is 1430. The number of fused-ring (bicyclic) bond motifs is 1. The van der Waals surface area contributed by atoms with Crippen LogP contribution in [0.2, 0.25) is 5.02 Å². The molecule has 2 aromatic heterocycles. The molecule has 1 amide bonds. The number of ether oxygens (including phenoxy) is 1. The van der Waals surface area contributed by atoms with Crippen LogP contribution in [-0.4, -0.2) is 12.5 Å². The van der Waals surface area contributed by atoms with Crippen molar-refractivity contribution in [1.29, 1.82) is 5.26 Å². The summed E-state index contributed by atoms with van der Waals surface area (Å²) in [7, 11) is 0. The van der Waals surface area contributed by atoms with E-state index in [9.17, 15) is 14.9 Å². The fourth-order valence-electron chi connectivity index (χ4n) is 3.20. The van der Waals surface area contributed by atoms with E-state index in [4.69, 9.17) is 25.2 Å². The predicted octanol–water partition coefficient (Wildman–Crippen LogP) is 5.21. The molecule has 2 heterocycles.